The van der Waals surface area contributed by atoms with Gasteiger partial charge in [-0.15, -0.1) is 0 Å². The molecule has 0 amide bonds. The maximum absolute atomic E-state index is 13.7. The highest BCUT2D eigenvalue weighted by molar-refractivity contribution is 9.10. The summed E-state index contributed by atoms with van der Waals surface area (Å²) < 4.78 is 27.2. The van der Waals surface area contributed by atoms with Gasteiger partial charge in [-0.25, -0.2) is 8.78 Å². The van der Waals surface area contributed by atoms with Crippen LogP contribution in [0.4, 0.5) is 8.78 Å². The maximum Gasteiger partial charge on any atom is 0.173 e. The third-order valence-electron chi connectivity index (χ3n) is 3.23. The summed E-state index contributed by atoms with van der Waals surface area (Å²) in [5, 5.41) is 0. The van der Waals surface area contributed by atoms with Crippen LogP contribution in [0.3, 0.4) is 0 Å². The molecule has 1 saturated carbocycles. The van der Waals surface area contributed by atoms with Gasteiger partial charge in [0, 0.05) is 11.5 Å². The fraction of sp³-hybridized carbons (Fsp3) is 0.455. The Morgan fingerprint density at radius 1 is 1.33 bits per heavy atom. The molecule has 1 nitrogen and oxygen atoms in total. The molecule has 0 heterocycles. The van der Waals surface area contributed by atoms with Crippen LogP contribution in [0, 0.1) is 11.6 Å². The second-order valence-corrected chi connectivity index (χ2v) is 5.02. The molecule has 1 aromatic carbocycles. The predicted octanol–water partition coefficient (Wildman–Crippen LogP) is 3.11. The normalized spacial score (nSPS) is 20.1. The molecule has 0 bridgehead atoms. The quantitative estimate of drug-likeness (QED) is 0.825. The van der Waals surface area contributed by atoms with Crippen LogP contribution < -0.4 is 5.73 Å². The van der Waals surface area contributed by atoms with E-state index < -0.39 is 11.6 Å². The Morgan fingerprint density at radius 2 is 1.93 bits per heavy atom. The van der Waals surface area contributed by atoms with Gasteiger partial charge in [-0.2, -0.15) is 0 Å². The lowest BCUT2D eigenvalue weighted by molar-refractivity contribution is 0.461. The first-order valence-corrected chi connectivity index (χ1v) is 5.68. The smallest absolute Gasteiger partial charge is 0.173 e. The Labute approximate surface area is 95.8 Å². The molecule has 4 heteroatoms. The molecule has 1 aliphatic rings. The first-order valence-electron chi connectivity index (χ1n) is 4.88. The molecule has 1 aliphatic carbocycles. The fourth-order valence-electron chi connectivity index (χ4n) is 2.02. The standard InChI is InChI=1S/C11H12BrF2N/c1-6(15)11(4-5-11)7-2-3-8(12)10(14)9(7)13/h2-3,6H,4-5,15H2,1H3. The lowest BCUT2D eigenvalue weighted by atomic mass is 9.89. The first kappa shape index (κ1) is 11.0. The van der Waals surface area contributed by atoms with Crippen LogP contribution in [-0.2, 0) is 5.41 Å². The van der Waals surface area contributed by atoms with E-state index in [1.165, 1.54) is 6.07 Å². The molecule has 1 aromatic rings. The minimum absolute atomic E-state index is 0.146. The van der Waals surface area contributed by atoms with Crippen molar-refractivity contribution < 1.29 is 8.78 Å². The van der Waals surface area contributed by atoms with Gasteiger partial charge < -0.3 is 5.73 Å². The molecule has 0 aliphatic heterocycles. The van der Waals surface area contributed by atoms with Crippen molar-refractivity contribution in [1.29, 1.82) is 0 Å². The summed E-state index contributed by atoms with van der Waals surface area (Å²) in [5.41, 5.74) is 5.89. The second kappa shape index (κ2) is 3.52. The number of rotatable bonds is 2. The van der Waals surface area contributed by atoms with Crippen LogP contribution >= 0.6 is 15.9 Å². The van der Waals surface area contributed by atoms with E-state index in [0.29, 0.717) is 5.56 Å². The average Bonchev–Trinajstić information content (AvgIpc) is 2.95. The zero-order chi connectivity index (χ0) is 11.2. The number of halogens is 3. The zero-order valence-corrected chi connectivity index (χ0v) is 9.94. The summed E-state index contributed by atoms with van der Waals surface area (Å²) in [7, 11) is 0. The van der Waals surface area contributed by atoms with Crippen molar-refractivity contribution >= 4 is 15.9 Å². The molecule has 1 atom stereocenters. The van der Waals surface area contributed by atoms with Gasteiger partial charge >= 0.3 is 0 Å². The van der Waals surface area contributed by atoms with Crippen LogP contribution in [-0.4, -0.2) is 6.04 Å². The highest BCUT2D eigenvalue weighted by Crippen LogP contribution is 2.51. The van der Waals surface area contributed by atoms with Crippen molar-refractivity contribution in [2.24, 2.45) is 5.73 Å². The molecular weight excluding hydrogens is 264 g/mol. The third-order valence-corrected chi connectivity index (χ3v) is 3.84. The van der Waals surface area contributed by atoms with Crippen molar-refractivity contribution in [3.05, 3.63) is 33.8 Å². The van der Waals surface area contributed by atoms with E-state index >= 15 is 0 Å². The van der Waals surface area contributed by atoms with E-state index in [4.69, 9.17) is 5.73 Å². The minimum atomic E-state index is -0.820. The minimum Gasteiger partial charge on any atom is -0.327 e. The zero-order valence-electron chi connectivity index (χ0n) is 8.36. The van der Waals surface area contributed by atoms with Gasteiger partial charge in [0.2, 0.25) is 0 Å². The van der Waals surface area contributed by atoms with E-state index in [1.54, 1.807) is 6.07 Å². The number of hydrogen-bond acceptors (Lipinski definition) is 1. The summed E-state index contributed by atoms with van der Waals surface area (Å²) in [5.74, 6) is -1.58. The molecule has 1 fully saturated rings. The van der Waals surface area contributed by atoms with Gasteiger partial charge in [0.25, 0.3) is 0 Å². The van der Waals surface area contributed by atoms with Crippen LogP contribution in [0.5, 0.6) is 0 Å². The van der Waals surface area contributed by atoms with Crippen molar-refractivity contribution in [3.8, 4) is 0 Å². The summed E-state index contributed by atoms with van der Waals surface area (Å²) in [4.78, 5) is 0. The molecule has 82 valence electrons. The summed E-state index contributed by atoms with van der Waals surface area (Å²) in [6.07, 6.45) is 1.67. The molecule has 15 heavy (non-hydrogen) atoms. The van der Waals surface area contributed by atoms with Crippen LogP contribution in [0.25, 0.3) is 0 Å². The number of benzene rings is 1. The monoisotopic (exact) mass is 275 g/mol. The Bertz CT molecular complexity index is 400. The Hall–Kier alpha value is -0.480. The maximum atomic E-state index is 13.7. The van der Waals surface area contributed by atoms with Gasteiger partial charge in [-0.05, 0) is 47.3 Å². The second-order valence-electron chi connectivity index (χ2n) is 4.17. The van der Waals surface area contributed by atoms with Gasteiger partial charge in [0.15, 0.2) is 11.6 Å². The Kier molecular flexibility index (Phi) is 2.59. The first-order chi connectivity index (χ1) is 6.99. The van der Waals surface area contributed by atoms with Crippen LogP contribution in [0.2, 0.25) is 0 Å². The lowest BCUT2D eigenvalue weighted by Gasteiger charge is -2.21. The summed E-state index contributed by atoms with van der Waals surface area (Å²) >= 11 is 2.96. The lowest BCUT2D eigenvalue weighted by Crippen LogP contribution is -2.32. The van der Waals surface area contributed by atoms with Crippen LogP contribution in [0.15, 0.2) is 16.6 Å². The molecule has 0 saturated heterocycles. The SMILES string of the molecule is CC(N)C1(c2ccc(Br)c(F)c2F)CC1. The molecule has 0 aromatic heterocycles. The Balaban J connectivity index is 2.51. The van der Waals surface area contributed by atoms with E-state index in [0.717, 1.165) is 12.8 Å². The van der Waals surface area contributed by atoms with E-state index in [1.807, 2.05) is 6.92 Å². The number of nitrogens with two attached hydrogens (primary N) is 1. The van der Waals surface area contributed by atoms with E-state index in [9.17, 15) is 8.78 Å². The largest absolute Gasteiger partial charge is 0.327 e. The summed E-state index contributed by atoms with van der Waals surface area (Å²) in [6.45, 7) is 1.84. The highest BCUT2D eigenvalue weighted by atomic mass is 79.9. The average molecular weight is 276 g/mol. The van der Waals surface area contributed by atoms with Crippen molar-refractivity contribution in [1.82, 2.24) is 0 Å². The molecule has 2 N–H and O–H groups in total. The van der Waals surface area contributed by atoms with Gasteiger partial charge in [-0.1, -0.05) is 6.07 Å². The van der Waals surface area contributed by atoms with Gasteiger partial charge in [0.05, 0.1) is 4.47 Å². The topological polar surface area (TPSA) is 26.0 Å². The highest BCUT2D eigenvalue weighted by Gasteiger charge is 2.49. The molecular formula is C11H12BrF2N. The number of hydrogen-bond donors (Lipinski definition) is 1. The molecule has 1 unspecified atom stereocenters. The predicted molar refractivity (Wildman–Crippen MR) is 58.6 cm³/mol. The third kappa shape index (κ3) is 1.60. The molecule has 0 spiro atoms. The fourth-order valence-corrected chi connectivity index (χ4v) is 2.32. The Morgan fingerprint density at radius 3 is 2.40 bits per heavy atom. The van der Waals surface area contributed by atoms with Gasteiger partial charge in [-0.3, -0.25) is 0 Å². The van der Waals surface area contributed by atoms with Crippen molar-refractivity contribution in [3.63, 3.8) is 0 Å². The van der Waals surface area contributed by atoms with Crippen molar-refractivity contribution in [2.75, 3.05) is 0 Å². The van der Waals surface area contributed by atoms with Crippen molar-refractivity contribution in [2.45, 2.75) is 31.2 Å². The molecule has 0 radical (unpaired) electrons. The van der Waals surface area contributed by atoms with E-state index in [2.05, 4.69) is 15.9 Å². The summed E-state index contributed by atoms with van der Waals surface area (Å²) in [6, 6.07) is 3.02. The van der Waals surface area contributed by atoms with E-state index in [-0.39, 0.29) is 15.9 Å². The molecule has 2 rings (SSSR count). The van der Waals surface area contributed by atoms with Gasteiger partial charge in [0.1, 0.15) is 0 Å². The van der Waals surface area contributed by atoms with Crippen LogP contribution in [0.1, 0.15) is 25.3 Å².